The second-order valence-electron chi connectivity index (χ2n) is 5.53. The molecule has 1 nitrogen and oxygen atoms in total. The molecule has 1 aliphatic rings. The van der Waals surface area contributed by atoms with Gasteiger partial charge in [0.05, 0.1) is 0 Å². The Morgan fingerprint density at radius 2 is 1.88 bits per heavy atom. The SMILES string of the molecule is Cc1ccc(C2CC(C)CCC2N)cc1C. The number of benzene rings is 1. The van der Waals surface area contributed by atoms with Crippen molar-refractivity contribution in [1.82, 2.24) is 0 Å². The molecule has 0 bridgehead atoms. The number of nitrogens with two attached hydrogens (primary N) is 1. The molecule has 0 spiro atoms. The van der Waals surface area contributed by atoms with Gasteiger partial charge in [0.1, 0.15) is 0 Å². The predicted octanol–water partition coefficient (Wildman–Crippen LogP) is 3.53. The fraction of sp³-hybridized carbons (Fsp3) is 0.600. The van der Waals surface area contributed by atoms with E-state index in [4.69, 9.17) is 5.73 Å². The van der Waals surface area contributed by atoms with E-state index in [9.17, 15) is 0 Å². The van der Waals surface area contributed by atoms with Crippen LogP contribution in [0.4, 0.5) is 0 Å². The van der Waals surface area contributed by atoms with Gasteiger partial charge in [-0.1, -0.05) is 25.1 Å². The highest BCUT2D eigenvalue weighted by Crippen LogP contribution is 2.35. The number of hydrogen-bond acceptors (Lipinski definition) is 1. The summed E-state index contributed by atoms with van der Waals surface area (Å²) in [6.45, 7) is 6.71. The average Bonchev–Trinajstić information content (AvgIpc) is 2.26. The summed E-state index contributed by atoms with van der Waals surface area (Å²) in [6, 6.07) is 7.19. The first-order chi connectivity index (χ1) is 7.58. The molecule has 1 fully saturated rings. The zero-order valence-electron chi connectivity index (χ0n) is 10.7. The van der Waals surface area contributed by atoms with Gasteiger partial charge in [0.2, 0.25) is 0 Å². The van der Waals surface area contributed by atoms with E-state index in [1.165, 1.54) is 36.0 Å². The second-order valence-corrected chi connectivity index (χ2v) is 5.53. The molecule has 3 atom stereocenters. The molecule has 2 rings (SSSR count). The maximum Gasteiger partial charge on any atom is 0.0108 e. The molecule has 1 heteroatoms. The highest BCUT2D eigenvalue weighted by molar-refractivity contribution is 5.33. The highest BCUT2D eigenvalue weighted by atomic mass is 14.7. The Morgan fingerprint density at radius 3 is 2.56 bits per heavy atom. The minimum absolute atomic E-state index is 0.360. The molecule has 2 N–H and O–H groups in total. The zero-order valence-corrected chi connectivity index (χ0v) is 10.7. The highest BCUT2D eigenvalue weighted by Gasteiger charge is 2.27. The molecule has 88 valence electrons. The monoisotopic (exact) mass is 217 g/mol. The van der Waals surface area contributed by atoms with Crippen LogP contribution in [0.3, 0.4) is 0 Å². The van der Waals surface area contributed by atoms with Crippen LogP contribution in [0, 0.1) is 19.8 Å². The third kappa shape index (κ3) is 2.30. The summed E-state index contributed by atoms with van der Waals surface area (Å²) in [5.41, 5.74) is 10.5. The summed E-state index contributed by atoms with van der Waals surface area (Å²) < 4.78 is 0. The van der Waals surface area contributed by atoms with Gasteiger partial charge >= 0.3 is 0 Å². The van der Waals surface area contributed by atoms with Crippen molar-refractivity contribution in [2.24, 2.45) is 11.7 Å². The summed E-state index contributed by atoms with van der Waals surface area (Å²) in [4.78, 5) is 0. The Labute approximate surface area is 99.0 Å². The van der Waals surface area contributed by atoms with Gasteiger partial charge in [0, 0.05) is 6.04 Å². The molecule has 0 aliphatic heterocycles. The van der Waals surface area contributed by atoms with Crippen LogP contribution in [0.25, 0.3) is 0 Å². The van der Waals surface area contributed by atoms with Crippen molar-refractivity contribution in [3.63, 3.8) is 0 Å². The lowest BCUT2D eigenvalue weighted by molar-refractivity contribution is 0.306. The van der Waals surface area contributed by atoms with Gasteiger partial charge in [-0.2, -0.15) is 0 Å². The van der Waals surface area contributed by atoms with E-state index in [1.807, 2.05) is 0 Å². The van der Waals surface area contributed by atoms with Gasteiger partial charge in [-0.15, -0.1) is 0 Å². The number of hydrogen-bond donors (Lipinski definition) is 1. The van der Waals surface area contributed by atoms with E-state index in [1.54, 1.807) is 0 Å². The molecule has 1 aliphatic carbocycles. The van der Waals surface area contributed by atoms with E-state index in [0.29, 0.717) is 12.0 Å². The van der Waals surface area contributed by atoms with Crippen LogP contribution in [0.1, 0.15) is 48.8 Å². The number of rotatable bonds is 1. The third-order valence-corrected chi connectivity index (χ3v) is 4.13. The topological polar surface area (TPSA) is 26.0 Å². The fourth-order valence-corrected chi connectivity index (χ4v) is 2.78. The first-order valence-electron chi connectivity index (χ1n) is 6.40. The van der Waals surface area contributed by atoms with E-state index >= 15 is 0 Å². The minimum atomic E-state index is 0.360. The van der Waals surface area contributed by atoms with Gasteiger partial charge in [0.25, 0.3) is 0 Å². The van der Waals surface area contributed by atoms with E-state index < -0.39 is 0 Å². The largest absolute Gasteiger partial charge is 0.327 e. The van der Waals surface area contributed by atoms with Crippen molar-refractivity contribution in [2.75, 3.05) is 0 Å². The summed E-state index contributed by atoms with van der Waals surface area (Å²) in [7, 11) is 0. The van der Waals surface area contributed by atoms with Crippen LogP contribution in [0.2, 0.25) is 0 Å². The molecular weight excluding hydrogens is 194 g/mol. The normalized spacial score (nSPS) is 30.4. The van der Waals surface area contributed by atoms with E-state index in [2.05, 4.69) is 39.0 Å². The smallest absolute Gasteiger partial charge is 0.0108 e. The summed E-state index contributed by atoms with van der Waals surface area (Å²) in [6.07, 6.45) is 3.73. The molecule has 3 unspecified atom stereocenters. The Balaban J connectivity index is 2.24. The summed E-state index contributed by atoms with van der Waals surface area (Å²) in [5, 5.41) is 0. The first kappa shape index (κ1) is 11.7. The van der Waals surface area contributed by atoms with Gasteiger partial charge in [-0.25, -0.2) is 0 Å². The Hall–Kier alpha value is -0.820. The van der Waals surface area contributed by atoms with Crippen molar-refractivity contribution < 1.29 is 0 Å². The van der Waals surface area contributed by atoms with Crippen molar-refractivity contribution in [1.29, 1.82) is 0 Å². The maximum atomic E-state index is 6.26. The maximum absolute atomic E-state index is 6.26. The lowest BCUT2D eigenvalue weighted by Gasteiger charge is -2.33. The minimum Gasteiger partial charge on any atom is -0.327 e. The molecule has 1 aromatic rings. The quantitative estimate of drug-likeness (QED) is 0.765. The standard InChI is InChI=1S/C15H23N/c1-10-4-7-15(16)14(8-10)13-6-5-11(2)12(3)9-13/h5-6,9-10,14-15H,4,7-8,16H2,1-3H3. The first-order valence-corrected chi connectivity index (χ1v) is 6.40. The van der Waals surface area contributed by atoms with Gasteiger partial charge in [-0.3, -0.25) is 0 Å². The Morgan fingerprint density at radius 1 is 1.12 bits per heavy atom. The molecule has 1 saturated carbocycles. The second kappa shape index (κ2) is 4.58. The lowest BCUT2D eigenvalue weighted by Crippen LogP contribution is -2.34. The van der Waals surface area contributed by atoms with Crippen molar-refractivity contribution >= 4 is 0 Å². The van der Waals surface area contributed by atoms with Crippen LogP contribution in [0.5, 0.6) is 0 Å². The summed E-state index contributed by atoms with van der Waals surface area (Å²) in [5.74, 6) is 1.40. The lowest BCUT2D eigenvalue weighted by atomic mass is 9.75. The molecule has 0 radical (unpaired) electrons. The predicted molar refractivity (Wildman–Crippen MR) is 69.6 cm³/mol. The molecule has 16 heavy (non-hydrogen) atoms. The van der Waals surface area contributed by atoms with Gasteiger partial charge < -0.3 is 5.73 Å². The Kier molecular flexibility index (Phi) is 3.34. The molecule has 0 saturated heterocycles. The fourth-order valence-electron chi connectivity index (χ4n) is 2.78. The zero-order chi connectivity index (χ0) is 11.7. The summed E-state index contributed by atoms with van der Waals surface area (Å²) >= 11 is 0. The van der Waals surface area contributed by atoms with E-state index in [-0.39, 0.29) is 0 Å². The van der Waals surface area contributed by atoms with Crippen LogP contribution in [0.15, 0.2) is 18.2 Å². The van der Waals surface area contributed by atoms with Crippen molar-refractivity contribution in [3.05, 3.63) is 34.9 Å². The van der Waals surface area contributed by atoms with Crippen LogP contribution in [-0.2, 0) is 0 Å². The van der Waals surface area contributed by atoms with Gasteiger partial charge in [-0.05, 0) is 61.6 Å². The molecule has 0 amide bonds. The molecule has 0 heterocycles. The van der Waals surface area contributed by atoms with Crippen molar-refractivity contribution in [2.45, 2.75) is 52.0 Å². The van der Waals surface area contributed by atoms with Crippen LogP contribution < -0.4 is 5.73 Å². The van der Waals surface area contributed by atoms with Gasteiger partial charge in [0.15, 0.2) is 0 Å². The van der Waals surface area contributed by atoms with Crippen molar-refractivity contribution in [3.8, 4) is 0 Å². The number of aryl methyl sites for hydroxylation is 2. The van der Waals surface area contributed by atoms with Crippen LogP contribution >= 0.6 is 0 Å². The Bertz CT molecular complexity index is 370. The third-order valence-electron chi connectivity index (χ3n) is 4.13. The van der Waals surface area contributed by atoms with Crippen LogP contribution in [-0.4, -0.2) is 6.04 Å². The average molecular weight is 217 g/mol. The molecule has 1 aromatic carbocycles. The molecule has 0 aromatic heterocycles. The molecular formula is C15H23N. The van der Waals surface area contributed by atoms with E-state index in [0.717, 1.165) is 5.92 Å².